The van der Waals surface area contributed by atoms with Gasteiger partial charge in [0, 0.05) is 19.3 Å². The average molecular weight is 873 g/mol. The van der Waals surface area contributed by atoms with E-state index in [0.29, 0.717) is 19.3 Å². The molecule has 0 saturated heterocycles. The third-order valence-electron chi connectivity index (χ3n) is 12.2. The van der Waals surface area contributed by atoms with Crippen LogP contribution in [0.5, 0.6) is 0 Å². The number of hydrogen-bond acceptors (Lipinski definition) is 6. The minimum absolute atomic E-state index is 0.0761. The highest BCUT2D eigenvalue weighted by molar-refractivity contribution is 5.71. The van der Waals surface area contributed by atoms with Gasteiger partial charge in [0.25, 0.3) is 0 Å². The number of allylic oxidation sites excluding steroid dienone is 4. The van der Waals surface area contributed by atoms with Crippen LogP contribution < -0.4 is 0 Å². The summed E-state index contributed by atoms with van der Waals surface area (Å²) in [4.78, 5) is 38.0. The maximum Gasteiger partial charge on any atom is 0.306 e. The van der Waals surface area contributed by atoms with Gasteiger partial charge in [0.15, 0.2) is 6.10 Å². The Morgan fingerprint density at radius 3 is 0.823 bits per heavy atom. The molecule has 0 aromatic rings. The van der Waals surface area contributed by atoms with Crippen molar-refractivity contribution in [2.45, 2.75) is 303 Å². The molecule has 0 bridgehead atoms. The molecule has 0 aromatic heterocycles. The molecule has 1 unspecified atom stereocenters. The molecule has 0 radical (unpaired) electrons. The second kappa shape index (κ2) is 51.5. The Labute approximate surface area is 385 Å². The maximum absolute atomic E-state index is 12.8. The van der Waals surface area contributed by atoms with Gasteiger partial charge in [-0.15, -0.1) is 0 Å². The van der Waals surface area contributed by atoms with Gasteiger partial charge in [-0.3, -0.25) is 14.4 Å². The number of hydrogen-bond donors (Lipinski definition) is 0. The largest absolute Gasteiger partial charge is 0.462 e. The molecule has 0 fully saturated rings. The topological polar surface area (TPSA) is 78.9 Å². The van der Waals surface area contributed by atoms with Gasteiger partial charge in [0.05, 0.1) is 0 Å². The molecule has 6 heteroatoms. The lowest BCUT2D eigenvalue weighted by Gasteiger charge is -2.18. The molecule has 0 spiro atoms. The van der Waals surface area contributed by atoms with Gasteiger partial charge in [0.2, 0.25) is 0 Å². The van der Waals surface area contributed by atoms with Crippen LogP contribution in [0.3, 0.4) is 0 Å². The van der Waals surface area contributed by atoms with Crippen LogP contribution in [0.1, 0.15) is 297 Å². The summed E-state index contributed by atoms with van der Waals surface area (Å²) in [5.41, 5.74) is 0. The fraction of sp³-hybridized carbons (Fsp3) is 0.875. The van der Waals surface area contributed by atoms with Crippen molar-refractivity contribution in [3.63, 3.8) is 0 Å². The third kappa shape index (κ3) is 48.9. The number of esters is 3. The van der Waals surface area contributed by atoms with Crippen molar-refractivity contribution in [1.82, 2.24) is 0 Å². The summed E-state index contributed by atoms with van der Waals surface area (Å²) in [6.07, 6.45) is 58.8. The molecule has 0 saturated carbocycles. The highest BCUT2D eigenvalue weighted by Gasteiger charge is 2.19. The summed E-state index contributed by atoms with van der Waals surface area (Å²) in [6.45, 7) is 6.64. The lowest BCUT2D eigenvalue weighted by Crippen LogP contribution is -2.30. The van der Waals surface area contributed by atoms with Crippen molar-refractivity contribution in [3.05, 3.63) is 24.3 Å². The normalized spacial score (nSPS) is 12.1. The van der Waals surface area contributed by atoms with Crippen LogP contribution in [-0.4, -0.2) is 37.2 Å². The highest BCUT2D eigenvalue weighted by atomic mass is 16.6. The monoisotopic (exact) mass is 873 g/mol. The molecule has 0 aliphatic heterocycles. The standard InChI is InChI=1S/C56H104O6/c1-4-7-10-13-16-19-22-25-26-27-28-29-32-34-37-40-43-46-49-55(58)61-52-53(62-56(59)50-47-44-41-38-35-31-24-21-18-15-12-9-6-3)51-60-54(57)48-45-42-39-36-33-30-23-20-17-14-11-8-5-2/h28-29,31,35,53H,4-27,30,32-34,36-52H2,1-3H3/b29-28-,35-31-. The first kappa shape index (κ1) is 59.9. The number of unbranched alkanes of at least 4 members (excludes halogenated alkanes) is 35. The lowest BCUT2D eigenvalue weighted by molar-refractivity contribution is -0.167. The third-order valence-corrected chi connectivity index (χ3v) is 12.2. The van der Waals surface area contributed by atoms with Gasteiger partial charge in [-0.25, -0.2) is 0 Å². The van der Waals surface area contributed by atoms with E-state index >= 15 is 0 Å². The predicted octanol–water partition coefficient (Wildman–Crippen LogP) is 17.9. The Balaban J connectivity index is 4.34. The van der Waals surface area contributed by atoms with E-state index in [1.54, 1.807) is 0 Å². The van der Waals surface area contributed by atoms with Gasteiger partial charge in [-0.05, 0) is 70.6 Å². The number of carbonyl (C=O) groups is 3. The molecule has 0 rings (SSSR count). The summed E-state index contributed by atoms with van der Waals surface area (Å²) in [5, 5.41) is 0. The van der Waals surface area contributed by atoms with Gasteiger partial charge in [0.1, 0.15) is 13.2 Å². The van der Waals surface area contributed by atoms with Crippen molar-refractivity contribution in [2.24, 2.45) is 0 Å². The minimum atomic E-state index is -0.777. The van der Waals surface area contributed by atoms with Crippen LogP contribution in [0.15, 0.2) is 24.3 Å². The molecule has 0 heterocycles. The quantitative estimate of drug-likeness (QED) is 0.0262. The average Bonchev–Trinajstić information content (AvgIpc) is 3.27. The van der Waals surface area contributed by atoms with E-state index in [0.717, 1.165) is 77.0 Å². The van der Waals surface area contributed by atoms with E-state index < -0.39 is 6.10 Å². The Bertz CT molecular complexity index is 1000. The van der Waals surface area contributed by atoms with Crippen molar-refractivity contribution in [2.75, 3.05) is 13.2 Å². The van der Waals surface area contributed by atoms with Crippen LogP contribution in [0.2, 0.25) is 0 Å². The Kier molecular flexibility index (Phi) is 49.8. The van der Waals surface area contributed by atoms with Gasteiger partial charge in [-0.1, -0.05) is 231 Å². The van der Waals surface area contributed by atoms with Crippen LogP contribution in [0.4, 0.5) is 0 Å². The van der Waals surface area contributed by atoms with E-state index in [9.17, 15) is 14.4 Å². The Hall–Kier alpha value is -2.11. The summed E-state index contributed by atoms with van der Waals surface area (Å²) in [6, 6.07) is 0. The molecular formula is C56H104O6. The first-order valence-corrected chi connectivity index (χ1v) is 27.3. The zero-order chi connectivity index (χ0) is 45.1. The first-order valence-electron chi connectivity index (χ1n) is 27.3. The minimum Gasteiger partial charge on any atom is -0.462 e. The lowest BCUT2D eigenvalue weighted by atomic mass is 10.0. The van der Waals surface area contributed by atoms with E-state index in [2.05, 4.69) is 45.1 Å². The molecular weight excluding hydrogens is 769 g/mol. The Morgan fingerprint density at radius 1 is 0.306 bits per heavy atom. The molecule has 364 valence electrons. The van der Waals surface area contributed by atoms with Gasteiger partial charge < -0.3 is 14.2 Å². The smallest absolute Gasteiger partial charge is 0.306 e. The van der Waals surface area contributed by atoms with Crippen LogP contribution in [-0.2, 0) is 28.6 Å². The molecule has 0 aliphatic carbocycles. The molecule has 62 heavy (non-hydrogen) atoms. The zero-order valence-electron chi connectivity index (χ0n) is 41.7. The van der Waals surface area contributed by atoms with Crippen LogP contribution >= 0.6 is 0 Å². The van der Waals surface area contributed by atoms with Crippen molar-refractivity contribution >= 4 is 17.9 Å². The first-order chi connectivity index (χ1) is 30.5. The number of rotatable bonds is 50. The van der Waals surface area contributed by atoms with E-state index in [1.807, 2.05) is 0 Å². The number of ether oxygens (including phenoxy) is 3. The summed E-state index contributed by atoms with van der Waals surface area (Å²) >= 11 is 0. The van der Waals surface area contributed by atoms with E-state index in [-0.39, 0.29) is 31.1 Å². The van der Waals surface area contributed by atoms with Crippen LogP contribution in [0.25, 0.3) is 0 Å². The highest BCUT2D eigenvalue weighted by Crippen LogP contribution is 2.16. The van der Waals surface area contributed by atoms with E-state index in [1.165, 1.54) is 180 Å². The van der Waals surface area contributed by atoms with Crippen LogP contribution in [0, 0.1) is 0 Å². The number of carbonyl (C=O) groups excluding carboxylic acids is 3. The van der Waals surface area contributed by atoms with Crippen molar-refractivity contribution in [3.8, 4) is 0 Å². The second-order valence-electron chi connectivity index (χ2n) is 18.5. The second-order valence-corrected chi connectivity index (χ2v) is 18.5. The van der Waals surface area contributed by atoms with Crippen molar-refractivity contribution < 1.29 is 28.6 Å². The Morgan fingerprint density at radius 2 is 0.532 bits per heavy atom. The molecule has 0 aromatic carbocycles. The summed E-state index contributed by atoms with van der Waals surface area (Å²) in [5.74, 6) is -0.886. The van der Waals surface area contributed by atoms with E-state index in [4.69, 9.17) is 14.2 Å². The molecule has 6 nitrogen and oxygen atoms in total. The fourth-order valence-corrected chi connectivity index (χ4v) is 8.02. The maximum atomic E-state index is 12.8. The predicted molar refractivity (Wildman–Crippen MR) is 266 cm³/mol. The molecule has 0 aliphatic rings. The van der Waals surface area contributed by atoms with Gasteiger partial charge in [-0.2, -0.15) is 0 Å². The fourth-order valence-electron chi connectivity index (χ4n) is 8.02. The molecule has 1 atom stereocenters. The summed E-state index contributed by atoms with van der Waals surface area (Å²) < 4.78 is 16.8. The summed E-state index contributed by atoms with van der Waals surface area (Å²) in [7, 11) is 0. The SMILES string of the molecule is CCCCCCCC/C=C\CCCCCC(=O)OC(COC(=O)CCCCCCC/C=C\CCCCCCCCCCC)COC(=O)CCCCCCCCCCCCCCC. The molecule has 0 amide bonds. The van der Waals surface area contributed by atoms with Crippen molar-refractivity contribution in [1.29, 1.82) is 0 Å². The molecule has 0 N–H and O–H groups in total. The zero-order valence-corrected chi connectivity index (χ0v) is 41.7. The van der Waals surface area contributed by atoms with Gasteiger partial charge >= 0.3 is 17.9 Å².